The van der Waals surface area contributed by atoms with E-state index < -0.39 is 0 Å². The SMILES string of the molecule is C[C@@H]1CCC[C@@H](C)N1CCCNC(=O)c1ccc2c(c1)NC(=O)/C(=C/c1ccccc1)S2. The molecule has 2 amide bonds. The molecule has 2 aromatic carbocycles. The van der Waals surface area contributed by atoms with Crippen molar-refractivity contribution in [1.29, 1.82) is 0 Å². The van der Waals surface area contributed by atoms with Gasteiger partial charge in [0.1, 0.15) is 0 Å². The highest BCUT2D eigenvalue weighted by atomic mass is 32.2. The second-order valence-electron chi connectivity index (χ2n) is 8.66. The number of benzene rings is 2. The maximum Gasteiger partial charge on any atom is 0.262 e. The summed E-state index contributed by atoms with van der Waals surface area (Å²) >= 11 is 1.43. The number of thioether (sulfide) groups is 1. The molecule has 2 aromatic rings. The predicted octanol–water partition coefficient (Wildman–Crippen LogP) is 5.15. The third-order valence-electron chi connectivity index (χ3n) is 6.29. The maximum atomic E-state index is 12.6. The van der Waals surface area contributed by atoms with Gasteiger partial charge in [-0.2, -0.15) is 0 Å². The Kier molecular flexibility index (Phi) is 7.33. The van der Waals surface area contributed by atoms with E-state index in [2.05, 4.69) is 29.4 Å². The van der Waals surface area contributed by atoms with Gasteiger partial charge in [0, 0.05) is 35.6 Å². The highest BCUT2D eigenvalue weighted by molar-refractivity contribution is 8.04. The lowest BCUT2D eigenvalue weighted by molar-refractivity contribution is -0.112. The van der Waals surface area contributed by atoms with Crippen molar-refractivity contribution in [2.75, 3.05) is 18.4 Å². The Hall–Kier alpha value is -2.57. The van der Waals surface area contributed by atoms with Gasteiger partial charge in [0.15, 0.2) is 0 Å². The van der Waals surface area contributed by atoms with Crippen molar-refractivity contribution in [1.82, 2.24) is 10.2 Å². The molecule has 0 unspecified atom stereocenters. The molecule has 1 saturated heterocycles. The number of piperidine rings is 1. The molecule has 0 spiro atoms. The van der Waals surface area contributed by atoms with Gasteiger partial charge in [-0.25, -0.2) is 0 Å². The van der Waals surface area contributed by atoms with Crippen molar-refractivity contribution < 1.29 is 9.59 Å². The number of likely N-dealkylation sites (tertiary alicyclic amines) is 1. The van der Waals surface area contributed by atoms with Crippen LogP contribution in [0.25, 0.3) is 6.08 Å². The van der Waals surface area contributed by atoms with Gasteiger partial charge in [-0.3, -0.25) is 14.5 Å². The number of hydrogen-bond donors (Lipinski definition) is 2. The first-order chi connectivity index (χ1) is 15.5. The number of nitrogens with zero attached hydrogens (tertiary/aromatic N) is 1. The van der Waals surface area contributed by atoms with E-state index in [4.69, 9.17) is 0 Å². The third-order valence-corrected chi connectivity index (χ3v) is 7.38. The summed E-state index contributed by atoms with van der Waals surface area (Å²) in [6.45, 7) is 6.26. The number of nitrogens with one attached hydrogen (secondary N) is 2. The molecule has 6 heteroatoms. The van der Waals surface area contributed by atoms with Gasteiger partial charge in [-0.05, 0) is 62.9 Å². The first-order valence-electron chi connectivity index (χ1n) is 11.4. The van der Waals surface area contributed by atoms with Crippen molar-refractivity contribution in [3.05, 3.63) is 64.6 Å². The number of carbonyl (C=O) groups is 2. The van der Waals surface area contributed by atoms with E-state index in [1.165, 1.54) is 31.0 Å². The fourth-order valence-corrected chi connectivity index (χ4v) is 5.42. The zero-order chi connectivity index (χ0) is 22.5. The van der Waals surface area contributed by atoms with Crippen LogP contribution in [0.2, 0.25) is 0 Å². The minimum absolute atomic E-state index is 0.0996. The molecule has 1 fully saturated rings. The summed E-state index contributed by atoms with van der Waals surface area (Å²) < 4.78 is 0. The van der Waals surface area contributed by atoms with E-state index in [1.807, 2.05) is 48.5 Å². The van der Waals surface area contributed by atoms with Gasteiger partial charge >= 0.3 is 0 Å². The summed E-state index contributed by atoms with van der Waals surface area (Å²) in [5, 5.41) is 5.96. The van der Waals surface area contributed by atoms with Crippen LogP contribution in [0.3, 0.4) is 0 Å². The molecule has 5 nitrogen and oxygen atoms in total. The predicted molar refractivity (Wildman–Crippen MR) is 132 cm³/mol. The van der Waals surface area contributed by atoms with Gasteiger partial charge in [-0.15, -0.1) is 0 Å². The second-order valence-corrected chi connectivity index (χ2v) is 9.75. The number of carbonyl (C=O) groups excluding carboxylic acids is 2. The van der Waals surface area contributed by atoms with E-state index >= 15 is 0 Å². The van der Waals surface area contributed by atoms with Crippen LogP contribution in [-0.4, -0.2) is 41.9 Å². The van der Waals surface area contributed by atoms with Gasteiger partial charge in [0.05, 0.1) is 10.6 Å². The van der Waals surface area contributed by atoms with E-state index in [0.717, 1.165) is 23.4 Å². The summed E-state index contributed by atoms with van der Waals surface area (Å²) in [4.78, 5) is 29.3. The molecule has 32 heavy (non-hydrogen) atoms. The standard InChI is InChI=1S/C26H31N3O2S/c1-18-8-6-9-19(2)29(18)15-7-14-27-25(30)21-12-13-23-22(17-21)28-26(31)24(32-23)16-20-10-4-3-5-11-20/h3-5,10-13,16-19H,6-9,14-15H2,1-2H3,(H,27,30)(H,28,31)/b24-16-/t18-,19-/m1/s1. The topological polar surface area (TPSA) is 61.4 Å². The van der Waals surface area contributed by atoms with Crippen LogP contribution in [0.15, 0.2) is 58.3 Å². The lowest BCUT2D eigenvalue weighted by atomic mass is 9.97. The number of amides is 2. The molecule has 168 valence electrons. The smallest absolute Gasteiger partial charge is 0.262 e. The molecule has 0 saturated carbocycles. The zero-order valence-corrected chi connectivity index (χ0v) is 19.6. The van der Waals surface area contributed by atoms with Gasteiger partial charge in [-0.1, -0.05) is 48.5 Å². The molecular weight excluding hydrogens is 418 g/mol. The van der Waals surface area contributed by atoms with E-state index in [-0.39, 0.29) is 11.8 Å². The minimum Gasteiger partial charge on any atom is -0.352 e. The Morgan fingerprint density at radius 1 is 1.16 bits per heavy atom. The van der Waals surface area contributed by atoms with Crippen LogP contribution in [-0.2, 0) is 4.79 Å². The van der Waals surface area contributed by atoms with E-state index in [9.17, 15) is 9.59 Å². The second kappa shape index (κ2) is 10.4. The van der Waals surface area contributed by atoms with Gasteiger partial charge in [0.25, 0.3) is 11.8 Å². The third kappa shape index (κ3) is 5.43. The van der Waals surface area contributed by atoms with Crippen LogP contribution in [0.5, 0.6) is 0 Å². The highest BCUT2D eigenvalue weighted by Gasteiger charge is 2.24. The van der Waals surface area contributed by atoms with E-state index in [0.29, 0.717) is 34.8 Å². The first kappa shape index (κ1) is 22.6. The summed E-state index contributed by atoms with van der Waals surface area (Å²) in [6.07, 6.45) is 6.65. The highest BCUT2D eigenvalue weighted by Crippen LogP contribution is 2.39. The van der Waals surface area contributed by atoms with Crippen molar-refractivity contribution in [2.45, 2.75) is 56.5 Å². The number of anilines is 1. The summed E-state index contributed by atoms with van der Waals surface area (Å²) in [5.41, 5.74) is 2.24. The number of fused-ring (bicyclic) bond motifs is 1. The Labute approximate surface area is 194 Å². The summed E-state index contributed by atoms with van der Waals surface area (Å²) in [5.74, 6) is -0.244. The zero-order valence-electron chi connectivity index (χ0n) is 18.8. The van der Waals surface area contributed by atoms with E-state index in [1.54, 1.807) is 6.07 Å². The molecular formula is C26H31N3O2S. The average Bonchev–Trinajstić information content (AvgIpc) is 2.79. The molecule has 2 aliphatic rings. The Balaban J connectivity index is 1.33. The summed E-state index contributed by atoms with van der Waals surface area (Å²) in [7, 11) is 0. The molecule has 2 N–H and O–H groups in total. The van der Waals surface area contributed by atoms with Crippen molar-refractivity contribution in [3.8, 4) is 0 Å². The lowest BCUT2D eigenvalue weighted by Gasteiger charge is -2.39. The number of hydrogen-bond acceptors (Lipinski definition) is 4. The molecule has 0 aromatic heterocycles. The summed E-state index contributed by atoms with van der Waals surface area (Å²) in [6, 6.07) is 16.5. The Morgan fingerprint density at radius 3 is 2.66 bits per heavy atom. The normalized spacial score (nSPS) is 22.3. The van der Waals surface area contributed by atoms with Crippen LogP contribution in [0, 0.1) is 0 Å². The minimum atomic E-state index is -0.145. The number of rotatable bonds is 6. The Morgan fingerprint density at radius 2 is 1.91 bits per heavy atom. The molecule has 2 atom stereocenters. The van der Waals surface area contributed by atoms with Gasteiger partial charge < -0.3 is 10.6 Å². The van der Waals surface area contributed by atoms with Crippen molar-refractivity contribution in [2.24, 2.45) is 0 Å². The van der Waals surface area contributed by atoms with Crippen LogP contribution < -0.4 is 10.6 Å². The molecule has 2 heterocycles. The fraction of sp³-hybridized carbons (Fsp3) is 0.385. The fourth-order valence-electron chi connectivity index (χ4n) is 4.48. The van der Waals surface area contributed by atoms with Crippen LogP contribution >= 0.6 is 11.8 Å². The molecule has 4 rings (SSSR count). The Bertz CT molecular complexity index is 995. The van der Waals surface area contributed by atoms with Crippen molar-refractivity contribution >= 4 is 35.3 Å². The lowest BCUT2D eigenvalue weighted by Crippen LogP contribution is -2.44. The quantitative estimate of drug-likeness (QED) is 0.473. The maximum absolute atomic E-state index is 12.6. The molecule has 0 bridgehead atoms. The first-order valence-corrected chi connectivity index (χ1v) is 12.3. The monoisotopic (exact) mass is 449 g/mol. The van der Waals surface area contributed by atoms with Crippen LogP contribution in [0.1, 0.15) is 55.5 Å². The largest absolute Gasteiger partial charge is 0.352 e. The van der Waals surface area contributed by atoms with Crippen molar-refractivity contribution in [3.63, 3.8) is 0 Å². The van der Waals surface area contributed by atoms with Gasteiger partial charge in [0.2, 0.25) is 0 Å². The molecule has 0 aliphatic carbocycles. The van der Waals surface area contributed by atoms with Crippen LogP contribution in [0.4, 0.5) is 5.69 Å². The molecule has 2 aliphatic heterocycles. The average molecular weight is 450 g/mol. The molecule has 0 radical (unpaired) electrons.